The number of thioether (sulfide) groups is 1. The highest BCUT2D eigenvalue weighted by Gasteiger charge is 2.19. The first kappa shape index (κ1) is 16.5. The third-order valence-electron chi connectivity index (χ3n) is 3.91. The zero-order valence-corrected chi connectivity index (χ0v) is 14.6. The fraction of sp³-hybridized carbons (Fsp3) is 0.200. The predicted molar refractivity (Wildman–Crippen MR) is 101 cm³/mol. The quantitative estimate of drug-likeness (QED) is 0.647. The van der Waals surface area contributed by atoms with Crippen molar-refractivity contribution in [3.63, 3.8) is 0 Å². The maximum atomic E-state index is 12.1. The maximum Gasteiger partial charge on any atom is 0.186 e. The summed E-state index contributed by atoms with van der Waals surface area (Å²) >= 11 is 1.58. The molecule has 1 aliphatic rings. The van der Waals surface area contributed by atoms with Crippen LogP contribution in [-0.4, -0.2) is 16.9 Å². The SMILES string of the molecule is Cc1ccc(C(=O)/C=C/SC2CC(c3ccc(C)cc3)=NN2)cc1. The number of hydrogen-bond donors (Lipinski definition) is 1. The van der Waals surface area contributed by atoms with E-state index in [1.165, 1.54) is 5.56 Å². The van der Waals surface area contributed by atoms with Gasteiger partial charge in [-0.05, 0) is 30.9 Å². The van der Waals surface area contributed by atoms with E-state index in [4.69, 9.17) is 0 Å². The van der Waals surface area contributed by atoms with E-state index >= 15 is 0 Å². The van der Waals surface area contributed by atoms with Crippen LogP contribution in [0.15, 0.2) is 65.1 Å². The van der Waals surface area contributed by atoms with Gasteiger partial charge in [-0.2, -0.15) is 5.10 Å². The fourth-order valence-corrected chi connectivity index (χ4v) is 3.19. The van der Waals surface area contributed by atoms with Crippen molar-refractivity contribution in [3.8, 4) is 0 Å². The third-order valence-corrected chi connectivity index (χ3v) is 4.80. The molecule has 1 atom stereocenters. The number of nitrogens with zero attached hydrogens (tertiary/aromatic N) is 1. The van der Waals surface area contributed by atoms with Crippen LogP contribution >= 0.6 is 11.8 Å². The molecule has 24 heavy (non-hydrogen) atoms. The first-order chi connectivity index (χ1) is 11.6. The van der Waals surface area contributed by atoms with Crippen LogP contribution < -0.4 is 5.43 Å². The Balaban J connectivity index is 1.52. The summed E-state index contributed by atoms with van der Waals surface area (Å²) in [5.41, 5.74) is 8.45. The summed E-state index contributed by atoms with van der Waals surface area (Å²) in [6, 6.07) is 16.0. The normalized spacial score (nSPS) is 16.9. The smallest absolute Gasteiger partial charge is 0.186 e. The minimum absolute atomic E-state index is 0.0279. The Morgan fingerprint density at radius 1 is 1.08 bits per heavy atom. The van der Waals surface area contributed by atoms with E-state index in [0.717, 1.165) is 23.3 Å². The maximum absolute atomic E-state index is 12.1. The van der Waals surface area contributed by atoms with Crippen molar-refractivity contribution in [2.45, 2.75) is 25.6 Å². The van der Waals surface area contributed by atoms with Gasteiger partial charge in [-0.1, -0.05) is 59.7 Å². The van der Waals surface area contributed by atoms with Gasteiger partial charge >= 0.3 is 0 Å². The second-order valence-corrected chi connectivity index (χ2v) is 7.03. The molecule has 2 aromatic carbocycles. The van der Waals surface area contributed by atoms with Crippen molar-refractivity contribution < 1.29 is 4.79 Å². The first-order valence-corrected chi connectivity index (χ1v) is 8.88. The van der Waals surface area contributed by atoms with Crippen molar-refractivity contribution >= 4 is 23.3 Å². The zero-order chi connectivity index (χ0) is 16.9. The van der Waals surface area contributed by atoms with E-state index < -0.39 is 0 Å². The Labute approximate surface area is 146 Å². The number of carbonyl (C=O) groups excluding carboxylic acids is 1. The summed E-state index contributed by atoms with van der Waals surface area (Å²) in [5, 5.41) is 6.43. The molecule has 0 aromatic heterocycles. The molecule has 1 N–H and O–H groups in total. The Morgan fingerprint density at radius 2 is 1.71 bits per heavy atom. The first-order valence-electron chi connectivity index (χ1n) is 7.94. The predicted octanol–water partition coefficient (Wildman–Crippen LogP) is 4.46. The van der Waals surface area contributed by atoms with E-state index in [-0.39, 0.29) is 11.2 Å². The summed E-state index contributed by atoms with van der Waals surface area (Å²) in [6.45, 7) is 4.09. The number of nitrogens with one attached hydrogen (secondary N) is 1. The van der Waals surface area contributed by atoms with Crippen molar-refractivity contribution in [1.82, 2.24) is 5.43 Å². The van der Waals surface area contributed by atoms with E-state index in [1.807, 2.05) is 36.6 Å². The average Bonchev–Trinajstić information content (AvgIpc) is 3.05. The second kappa shape index (κ2) is 7.49. The highest BCUT2D eigenvalue weighted by molar-refractivity contribution is 8.02. The summed E-state index contributed by atoms with van der Waals surface area (Å²) in [7, 11) is 0. The lowest BCUT2D eigenvalue weighted by Gasteiger charge is -2.05. The van der Waals surface area contributed by atoms with Gasteiger partial charge in [0.05, 0.1) is 11.1 Å². The molecule has 2 aromatic rings. The highest BCUT2D eigenvalue weighted by Crippen LogP contribution is 2.22. The van der Waals surface area contributed by atoms with Crippen molar-refractivity contribution in [3.05, 3.63) is 82.3 Å². The highest BCUT2D eigenvalue weighted by atomic mass is 32.2. The average molecular weight is 336 g/mol. The molecule has 1 heterocycles. The molecule has 0 spiro atoms. The largest absolute Gasteiger partial charge is 0.296 e. The lowest BCUT2D eigenvalue weighted by atomic mass is 10.1. The van der Waals surface area contributed by atoms with Crippen LogP contribution in [0.4, 0.5) is 0 Å². The van der Waals surface area contributed by atoms with Gasteiger partial charge in [0.2, 0.25) is 0 Å². The second-order valence-electron chi connectivity index (χ2n) is 5.92. The fourth-order valence-electron chi connectivity index (χ4n) is 2.43. The summed E-state index contributed by atoms with van der Waals surface area (Å²) in [6.07, 6.45) is 2.47. The monoisotopic (exact) mass is 336 g/mol. The van der Waals surface area contributed by atoms with Crippen LogP contribution in [0.25, 0.3) is 0 Å². The number of aryl methyl sites for hydroxylation is 2. The van der Waals surface area contributed by atoms with E-state index in [9.17, 15) is 4.79 Å². The number of rotatable bonds is 5. The molecule has 3 nitrogen and oxygen atoms in total. The topological polar surface area (TPSA) is 41.5 Å². The van der Waals surface area contributed by atoms with Gasteiger partial charge in [-0.3, -0.25) is 10.2 Å². The van der Waals surface area contributed by atoms with Gasteiger partial charge in [0.15, 0.2) is 5.78 Å². The van der Waals surface area contributed by atoms with Gasteiger partial charge in [-0.25, -0.2) is 0 Å². The lowest BCUT2D eigenvalue weighted by molar-refractivity contribution is 0.104. The molecule has 4 heteroatoms. The summed E-state index contributed by atoms with van der Waals surface area (Å²) in [5.74, 6) is 0.0279. The summed E-state index contributed by atoms with van der Waals surface area (Å²) in [4.78, 5) is 12.1. The molecule has 1 unspecified atom stereocenters. The third kappa shape index (κ3) is 4.15. The molecule has 0 amide bonds. The zero-order valence-electron chi connectivity index (χ0n) is 13.8. The van der Waals surface area contributed by atoms with Gasteiger partial charge in [0.25, 0.3) is 0 Å². The van der Waals surface area contributed by atoms with Crippen molar-refractivity contribution in [1.29, 1.82) is 0 Å². The van der Waals surface area contributed by atoms with Crippen molar-refractivity contribution in [2.75, 3.05) is 0 Å². The van der Waals surface area contributed by atoms with Crippen LogP contribution in [0.1, 0.15) is 33.5 Å². The van der Waals surface area contributed by atoms with Crippen LogP contribution in [0.3, 0.4) is 0 Å². The number of allylic oxidation sites excluding steroid dienone is 1. The summed E-state index contributed by atoms with van der Waals surface area (Å²) < 4.78 is 0. The molecule has 3 rings (SSSR count). The van der Waals surface area contributed by atoms with Crippen LogP contribution in [0.5, 0.6) is 0 Å². The lowest BCUT2D eigenvalue weighted by Crippen LogP contribution is -2.13. The van der Waals surface area contributed by atoms with E-state index in [2.05, 4.69) is 41.7 Å². The molecule has 122 valence electrons. The number of benzene rings is 2. The Kier molecular flexibility index (Phi) is 5.16. The van der Waals surface area contributed by atoms with Gasteiger partial charge in [0, 0.05) is 12.0 Å². The molecule has 0 radical (unpaired) electrons. The van der Waals surface area contributed by atoms with E-state index in [0.29, 0.717) is 5.56 Å². The van der Waals surface area contributed by atoms with Crippen LogP contribution in [-0.2, 0) is 0 Å². The molecular formula is C20H20N2OS. The number of ketones is 1. The van der Waals surface area contributed by atoms with Gasteiger partial charge in [-0.15, -0.1) is 11.8 Å². The van der Waals surface area contributed by atoms with Crippen LogP contribution in [0.2, 0.25) is 0 Å². The van der Waals surface area contributed by atoms with Crippen LogP contribution in [0, 0.1) is 13.8 Å². The van der Waals surface area contributed by atoms with Gasteiger partial charge < -0.3 is 0 Å². The van der Waals surface area contributed by atoms with Gasteiger partial charge in [0.1, 0.15) is 0 Å². The molecule has 0 bridgehead atoms. The number of hydrazone groups is 1. The minimum atomic E-state index is 0.0279. The molecule has 0 fully saturated rings. The standard InChI is InChI=1S/C20H20N2OS/c1-14-3-7-16(8-4-14)18-13-20(22-21-18)24-12-11-19(23)17-9-5-15(2)6-10-17/h3-12,20,22H,13H2,1-2H3/b12-11+. The number of hydrogen-bond acceptors (Lipinski definition) is 4. The molecular weight excluding hydrogens is 316 g/mol. The Bertz CT molecular complexity index is 776. The molecule has 0 saturated carbocycles. The number of carbonyl (C=O) groups is 1. The molecule has 0 aliphatic carbocycles. The Morgan fingerprint density at radius 3 is 2.38 bits per heavy atom. The molecule has 0 saturated heterocycles. The van der Waals surface area contributed by atoms with E-state index in [1.54, 1.807) is 17.8 Å². The minimum Gasteiger partial charge on any atom is -0.296 e. The Hall–Kier alpha value is -2.33. The molecule has 1 aliphatic heterocycles. The van der Waals surface area contributed by atoms with Crippen molar-refractivity contribution in [2.24, 2.45) is 5.10 Å².